The molecule has 51 heavy (non-hydrogen) atoms. The Morgan fingerprint density at radius 3 is 1.37 bits per heavy atom. The first-order chi connectivity index (χ1) is 25.2. The Labute approximate surface area is 297 Å². The molecule has 3 heteroatoms. The number of nitrogens with zero attached hydrogens (tertiary/aromatic N) is 3. The second kappa shape index (κ2) is 12.5. The Kier molecular flexibility index (Phi) is 7.42. The van der Waals surface area contributed by atoms with Gasteiger partial charge in [-0.15, -0.1) is 0 Å². The van der Waals surface area contributed by atoms with Crippen LogP contribution in [0.1, 0.15) is 27.8 Å². The topological polar surface area (TPSA) is 49.6 Å². The second-order valence-electron chi connectivity index (χ2n) is 12.9. The monoisotopic (exact) mass is 649 g/mol. The molecule has 0 saturated carbocycles. The van der Waals surface area contributed by atoms with E-state index in [9.17, 15) is 5.26 Å². The average Bonchev–Trinajstić information content (AvgIpc) is 3.52. The first-order valence-corrected chi connectivity index (χ1v) is 17.1. The number of benzene rings is 7. The Bertz CT molecular complexity index is 2470. The lowest BCUT2D eigenvalue weighted by atomic mass is 9.67. The number of rotatable bonds is 6. The Morgan fingerprint density at radius 1 is 0.392 bits per heavy atom. The van der Waals surface area contributed by atoms with Gasteiger partial charge in [-0.25, -0.2) is 9.97 Å². The quantitative estimate of drug-likeness (QED) is 0.180. The lowest BCUT2D eigenvalue weighted by molar-refractivity contribution is 0.768. The average molecular weight is 650 g/mol. The highest BCUT2D eigenvalue weighted by atomic mass is 14.9. The molecule has 0 atom stereocenters. The first kappa shape index (κ1) is 30.2. The zero-order chi connectivity index (χ0) is 34.2. The van der Waals surface area contributed by atoms with Crippen LogP contribution in [-0.4, -0.2) is 9.97 Å². The fourth-order valence-electron chi connectivity index (χ4n) is 7.68. The van der Waals surface area contributed by atoms with Crippen molar-refractivity contribution in [2.24, 2.45) is 0 Å². The summed E-state index contributed by atoms with van der Waals surface area (Å²) in [6.07, 6.45) is 0. The van der Waals surface area contributed by atoms with Crippen LogP contribution in [0.5, 0.6) is 0 Å². The summed E-state index contributed by atoms with van der Waals surface area (Å²) in [6.45, 7) is 0. The minimum absolute atomic E-state index is 0.541. The SMILES string of the molecule is N#Cc1cccc(-c2ccc3c(c2)-c2cc(-c4nc(-c5ccccc5)cc(-c5ccccc5)n4)ccc2C3(c2ccccc2)c2ccccc2)c1. The molecule has 0 spiro atoms. The largest absolute Gasteiger partial charge is 0.228 e. The van der Waals surface area contributed by atoms with Gasteiger partial charge in [0, 0.05) is 16.7 Å². The van der Waals surface area contributed by atoms with Crippen LogP contribution in [0, 0.1) is 11.3 Å². The minimum Gasteiger partial charge on any atom is -0.228 e. The maximum Gasteiger partial charge on any atom is 0.160 e. The summed E-state index contributed by atoms with van der Waals surface area (Å²) in [5.41, 5.74) is 14.1. The minimum atomic E-state index is -0.541. The van der Waals surface area contributed by atoms with Gasteiger partial charge in [-0.3, -0.25) is 0 Å². The predicted octanol–water partition coefficient (Wildman–Crippen LogP) is 11.4. The third kappa shape index (κ3) is 5.14. The van der Waals surface area contributed by atoms with Crippen molar-refractivity contribution in [1.82, 2.24) is 9.97 Å². The molecule has 0 amide bonds. The number of hydrogen-bond acceptors (Lipinski definition) is 3. The van der Waals surface area contributed by atoms with Crippen LogP contribution in [0.15, 0.2) is 188 Å². The predicted molar refractivity (Wildman–Crippen MR) is 206 cm³/mol. The van der Waals surface area contributed by atoms with Crippen molar-refractivity contribution in [2.45, 2.75) is 5.41 Å². The van der Waals surface area contributed by atoms with E-state index < -0.39 is 5.41 Å². The van der Waals surface area contributed by atoms with Crippen LogP contribution in [0.25, 0.3) is 56.2 Å². The van der Waals surface area contributed by atoms with Crippen LogP contribution in [0.3, 0.4) is 0 Å². The molecule has 0 bridgehead atoms. The molecule has 0 radical (unpaired) electrons. The highest BCUT2D eigenvalue weighted by molar-refractivity contribution is 5.91. The standard InChI is InChI=1S/C48H31N3/c49-32-33-14-13-19-36(28-33)37-24-26-43-41(29-37)42-30-38(25-27-44(42)48(43,39-20-9-3-10-21-39)40-22-11-4-12-23-40)47-50-45(34-15-5-1-6-16-34)31-46(51-47)35-17-7-2-8-18-35/h1-31H. The van der Waals surface area contributed by atoms with Gasteiger partial charge in [0.05, 0.1) is 28.4 Å². The summed E-state index contributed by atoms with van der Waals surface area (Å²) in [5.74, 6) is 0.675. The van der Waals surface area contributed by atoms with Crippen molar-refractivity contribution in [3.05, 3.63) is 216 Å². The fourth-order valence-corrected chi connectivity index (χ4v) is 7.68. The summed E-state index contributed by atoms with van der Waals surface area (Å²) in [5, 5.41) is 9.68. The van der Waals surface area contributed by atoms with E-state index in [2.05, 4.69) is 140 Å². The van der Waals surface area contributed by atoms with E-state index in [1.54, 1.807) is 0 Å². The number of hydrogen-bond donors (Lipinski definition) is 0. The molecule has 1 aromatic heterocycles. The molecule has 1 aliphatic carbocycles. The molecule has 0 saturated heterocycles. The molecular weight excluding hydrogens is 619 g/mol. The molecule has 0 unspecified atom stereocenters. The third-order valence-electron chi connectivity index (χ3n) is 10.00. The van der Waals surface area contributed by atoms with Crippen molar-refractivity contribution in [2.75, 3.05) is 0 Å². The maximum atomic E-state index is 9.68. The van der Waals surface area contributed by atoms with Gasteiger partial charge in [0.25, 0.3) is 0 Å². The van der Waals surface area contributed by atoms with E-state index in [1.165, 1.54) is 22.3 Å². The van der Waals surface area contributed by atoms with Crippen LogP contribution >= 0.6 is 0 Å². The molecular formula is C48H31N3. The van der Waals surface area contributed by atoms with Gasteiger partial charge in [0.2, 0.25) is 0 Å². The number of nitriles is 1. The fraction of sp³-hybridized carbons (Fsp3) is 0.0208. The highest BCUT2D eigenvalue weighted by Gasteiger charge is 2.46. The lowest BCUT2D eigenvalue weighted by Gasteiger charge is -2.34. The summed E-state index contributed by atoms with van der Waals surface area (Å²) in [6, 6.07) is 67.9. The van der Waals surface area contributed by atoms with Crippen LogP contribution in [0.2, 0.25) is 0 Å². The van der Waals surface area contributed by atoms with E-state index in [4.69, 9.17) is 9.97 Å². The first-order valence-electron chi connectivity index (χ1n) is 17.1. The zero-order valence-electron chi connectivity index (χ0n) is 27.7. The second-order valence-corrected chi connectivity index (χ2v) is 12.9. The van der Waals surface area contributed by atoms with Crippen molar-refractivity contribution >= 4 is 0 Å². The van der Waals surface area contributed by atoms with Gasteiger partial charge >= 0.3 is 0 Å². The van der Waals surface area contributed by atoms with Crippen LogP contribution in [-0.2, 0) is 5.41 Å². The summed E-state index contributed by atoms with van der Waals surface area (Å²) >= 11 is 0. The lowest BCUT2D eigenvalue weighted by Crippen LogP contribution is -2.28. The van der Waals surface area contributed by atoms with Crippen molar-refractivity contribution in [1.29, 1.82) is 5.26 Å². The number of fused-ring (bicyclic) bond motifs is 3. The zero-order valence-corrected chi connectivity index (χ0v) is 27.7. The van der Waals surface area contributed by atoms with Gasteiger partial charge in [0.1, 0.15) is 0 Å². The maximum absolute atomic E-state index is 9.68. The summed E-state index contributed by atoms with van der Waals surface area (Å²) in [4.78, 5) is 10.4. The van der Waals surface area contributed by atoms with Gasteiger partial charge < -0.3 is 0 Å². The van der Waals surface area contributed by atoms with E-state index in [0.29, 0.717) is 11.4 Å². The van der Waals surface area contributed by atoms with Gasteiger partial charge in [-0.05, 0) is 74.8 Å². The molecule has 3 nitrogen and oxygen atoms in total. The molecule has 0 aliphatic heterocycles. The Balaban J connectivity index is 1.31. The van der Waals surface area contributed by atoms with E-state index >= 15 is 0 Å². The molecule has 8 aromatic rings. The molecule has 9 rings (SSSR count). The Hall–Kier alpha value is -6.89. The summed E-state index contributed by atoms with van der Waals surface area (Å²) in [7, 11) is 0. The molecule has 238 valence electrons. The highest BCUT2D eigenvalue weighted by Crippen LogP contribution is 2.57. The van der Waals surface area contributed by atoms with E-state index in [-0.39, 0.29) is 0 Å². The van der Waals surface area contributed by atoms with E-state index in [0.717, 1.165) is 50.3 Å². The van der Waals surface area contributed by atoms with Crippen molar-refractivity contribution in [3.8, 4) is 62.2 Å². The molecule has 7 aromatic carbocycles. The number of aromatic nitrogens is 2. The molecule has 1 heterocycles. The van der Waals surface area contributed by atoms with Crippen LogP contribution < -0.4 is 0 Å². The third-order valence-corrected chi connectivity index (χ3v) is 10.00. The van der Waals surface area contributed by atoms with Gasteiger partial charge in [-0.2, -0.15) is 5.26 Å². The summed E-state index contributed by atoms with van der Waals surface area (Å²) < 4.78 is 0. The van der Waals surface area contributed by atoms with Crippen molar-refractivity contribution in [3.63, 3.8) is 0 Å². The smallest absolute Gasteiger partial charge is 0.160 e. The van der Waals surface area contributed by atoms with Crippen LogP contribution in [0.4, 0.5) is 0 Å². The normalized spacial score (nSPS) is 12.5. The molecule has 0 N–H and O–H groups in total. The molecule has 1 aliphatic rings. The van der Waals surface area contributed by atoms with Gasteiger partial charge in [-0.1, -0.05) is 158 Å². The van der Waals surface area contributed by atoms with Crippen molar-refractivity contribution < 1.29 is 0 Å². The van der Waals surface area contributed by atoms with Gasteiger partial charge in [0.15, 0.2) is 5.82 Å². The molecule has 0 fully saturated rings. The van der Waals surface area contributed by atoms with E-state index in [1.807, 2.05) is 54.6 Å². The Morgan fingerprint density at radius 2 is 0.843 bits per heavy atom.